The maximum Gasteiger partial charge on any atom is 0.415 e. The van der Waals surface area contributed by atoms with Gasteiger partial charge in [0.1, 0.15) is 12.1 Å². The average molecular weight is 863 g/mol. The Morgan fingerprint density at radius 2 is 1.65 bits per heavy atom. The van der Waals surface area contributed by atoms with E-state index in [0.29, 0.717) is 93.3 Å². The fraction of sp³-hybridized carbons (Fsp3) is 0.308. The number of carbonyl (C=O) groups excluding carboxylic acids is 1. The van der Waals surface area contributed by atoms with Crippen LogP contribution in [-0.4, -0.2) is 90.2 Å². The lowest BCUT2D eigenvalue weighted by atomic mass is 9.94. The Balaban J connectivity index is 1.03. The Bertz CT molecular complexity index is 2340. The van der Waals surface area contributed by atoms with E-state index in [-0.39, 0.29) is 23.9 Å². The molecule has 18 heteroatoms. The van der Waals surface area contributed by atoms with Gasteiger partial charge in [0.05, 0.1) is 28.4 Å². The van der Waals surface area contributed by atoms with E-state index in [1.54, 1.807) is 35.2 Å². The number of aliphatic hydroxyl groups excluding tert-OH is 1. The van der Waals surface area contributed by atoms with Gasteiger partial charge in [0, 0.05) is 46.4 Å². The van der Waals surface area contributed by atoms with Crippen LogP contribution in [0.3, 0.4) is 0 Å². The van der Waals surface area contributed by atoms with Crippen LogP contribution in [0.25, 0.3) is 22.5 Å². The number of likely N-dealkylation sites (tertiary alicyclic amines) is 1. The molecule has 2 aliphatic heterocycles. The minimum atomic E-state index is -0.529. The molecule has 5 aromatic rings. The van der Waals surface area contributed by atoms with Crippen molar-refractivity contribution in [3.63, 3.8) is 0 Å². The highest BCUT2D eigenvalue weighted by atomic mass is 79.9. The van der Waals surface area contributed by atoms with Gasteiger partial charge in [-0.25, -0.2) is 19.7 Å². The third-order valence-corrected chi connectivity index (χ3v) is 11.8. The number of aliphatic hydroxyl groups is 1. The average Bonchev–Trinajstić information content (AvgIpc) is 3.84. The topological polar surface area (TPSA) is 199 Å². The first-order valence-corrected chi connectivity index (χ1v) is 19.4. The number of hydrogen-bond donors (Lipinski definition) is 3. The summed E-state index contributed by atoms with van der Waals surface area (Å²) in [4.78, 5) is 29.6. The van der Waals surface area contributed by atoms with Crippen LogP contribution in [-0.2, 0) is 6.54 Å². The second-order valence-corrected chi connectivity index (χ2v) is 14.9. The molecule has 3 aromatic carbocycles. The number of rotatable bonds is 13. The number of halogens is 1. The van der Waals surface area contributed by atoms with Crippen molar-refractivity contribution in [3.05, 3.63) is 64.4 Å². The van der Waals surface area contributed by atoms with Gasteiger partial charge in [-0.1, -0.05) is 17.8 Å². The van der Waals surface area contributed by atoms with E-state index in [1.807, 2.05) is 12.1 Å². The summed E-state index contributed by atoms with van der Waals surface area (Å²) in [5, 5.41) is 20.2. The molecule has 0 bridgehead atoms. The molecule has 298 valence electrons. The number of nitrogens with one attached hydrogen (secondary N) is 1. The van der Waals surface area contributed by atoms with Gasteiger partial charge >= 0.3 is 6.09 Å². The number of fused-ring (bicyclic) bond motifs is 2. The van der Waals surface area contributed by atoms with E-state index in [2.05, 4.69) is 30.5 Å². The number of nitrogens with zero attached hydrogens (tertiary/aromatic N) is 5. The molecule has 1 saturated heterocycles. The molecule has 2 aromatic heterocycles. The summed E-state index contributed by atoms with van der Waals surface area (Å²) in [5.74, 6) is 3.23. The predicted octanol–water partition coefficient (Wildman–Crippen LogP) is 7.46. The number of amides is 1. The van der Waals surface area contributed by atoms with Gasteiger partial charge in [0.2, 0.25) is 12.5 Å². The molecule has 2 aliphatic rings. The zero-order chi connectivity index (χ0) is 40.2. The van der Waals surface area contributed by atoms with Crippen LogP contribution >= 0.6 is 27.7 Å². The third-order valence-electron chi connectivity index (χ3n) is 9.80. The summed E-state index contributed by atoms with van der Waals surface area (Å²) >= 11 is 5.12. The Morgan fingerprint density at radius 3 is 2.32 bits per heavy atom. The minimum absolute atomic E-state index is 0.145. The standard InChI is InChI=1S/C39H40BrN7O9S/c1-50-26-6-5-22(24(18-41)34(48)23-14-30(51-2)35(53-4)31(15-23)52-3)13-29(26)56-39(49)46-10-7-21(8-11-46)9-12-47-37-33(36(42)43-19-44-37)45-38(47)57-32-17-28-27(16-25(32)40)54-20-55-28/h5-6,13-19,21,41,48H,7-12,20H2,1-4H3,(H2,42,43,44)/b34-24+,41-18?. The van der Waals surface area contributed by atoms with E-state index in [1.165, 1.54) is 46.5 Å². The fourth-order valence-corrected chi connectivity index (χ4v) is 8.26. The number of nitrogen functional groups attached to an aromatic ring is 1. The number of imidazole rings is 1. The largest absolute Gasteiger partial charge is 0.507 e. The SMILES string of the molecule is COc1ccc(/C(C=N)=C(/O)c2cc(OC)c(OC)c(OC)c2)cc1OC(=O)N1CCC(CCn2c(Sc3cc4c(cc3Br)OCO4)nc3c(N)ncnc32)CC1. The third kappa shape index (κ3) is 8.04. The van der Waals surface area contributed by atoms with Gasteiger partial charge < -0.3 is 58.9 Å². The Hall–Kier alpha value is -5.88. The fourth-order valence-electron chi connectivity index (χ4n) is 6.75. The molecule has 57 heavy (non-hydrogen) atoms. The van der Waals surface area contributed by atoms with Crippen LogP contribution in [0.5, 0.6) is 40.2 Å². The molecule has 1 amide bonds. The van der Waals surface area contributed by atoms with Crippen molar-refractivity contribution >= 4 is 68.3 Å². The molecule has 0 saturated carbocycles. The molecule has 0 aliphatic carbocycles. The van der Waals surface area contributed by atoms with E-state index < -0.39 is 6.09 Å². The molecule has 4 N–H and O–H groups in total. The van der Waals surface area contributed by atoms with Gasteiger partial charge in [0.15, 0.2) is 56.6 Å². The van der Waals surface area contributed by atoms with Crippen LogP contribution in [0, 0.1) is 11.3 Å². The molecule has 4 heterocycles. The van der Waals surface area contributed by atoms with E-state index in [9.17, 15) is 9.90 Å². The quantitative estimate of drug-likeness (QED) is 0.0599. The first-order chi connectivity index (χ1) is 27.7. The number of benzene rings is 3. The molecule has 1 fully saturated rings. The van der Waals surface area contributed by atoms with E-state index in [0.717, 1.165) is 34.8 Å². The van der Waals surface area contributed by atoms with Gasteiger partial charge in [-0.3, -0.25) is 0 Å². The van der Waals surface area contributed by atoms with Gasteiger partial charge in [-0.2, -0.15) is 0 Å². The lowest BCUT2D eigenvalue weighted by Crippen LogP contribution is -2.40. The number of methoxy groups -OCH3 is 4. The number of aromatic nitrogens is 4. The highest BCUT2D eigenvalue weighted by Crippen LogP contribution is 2.44. The summed E-state index contributed by atoms with van der Waals surface area (Å²) in [6.07, 6.45) is 4.27. The van der Waals surface area contributed by atoms with Crippen molar-refractivity contribution < 1.29 is 43.1 Å². The molecular weight excluding hydrogens is 822 g/mol. The molecule has 0 atom stereocenters. The van der Waals surface area contributed by atoms with Crippen LogP contribution in [0.4, 0.5) is 10.6 Å². The first kappa shape index (κ1) is 39.4. The second-order valence-electron chi connectivity index (χ2n) is 13.0. The number of ether oxygens (including phenoxy) is 7. The zero-order valence-corrected chi connectivity index (χ0v) is 33.9. The Kier molecular flexibility index (Phi) is 11.8. The van der Waals surface area contributed by atoms with Crippen LogP contribution in [0.15, 0.2) is 63.3 Å². The monoisotopic (exact) mass is 861 g/mol. The summed E-state index contributed by atoms with van der Waals surface area (Å²) in [6.45, 7) is 1.78. The van der Waals surface area contributed by atoms with Crippen molar-refractivity contribution in [2.75, 3.05) is 54.1 Å². The van der Waals surface area contributed by atoms with Gasteiger partial charge in [-0.05, 0) is 83.1 Å². The van der Waals surface area contributed by atoms with Crippen molar-refractivity contribution in [2.45, 2.75) is 35.9 Å². The molecule has 0 spiro atoms. The van der Waals surface area contributed by atoms with Gasteiger partial charge in [-0.15, -0.1) is 0 Å². The van der Waals surface area contributed by atoms with Crippen molar-refractivity contribution in [3.8, 4) is 40.2 Å². The highest BCUT2D eigenvalue weighted by molar-refractivity contribution is 9.10. The Labute approximate surface area is 340 Å². The number of aryl methyl sites for hydroxylation is 1. The van der Waals surface area contributed by atoms with E-state index >= 15 is 0 Å². The second kappa shape index (κ2) is 17.1. The molecule has 16 nitrogen and oxygen atoms in total. The summed E-state index contributed by atoms with van der Waals surface area (Å²) < 4.78 is 41.7. The maximum absolute atomic E-state index is 13.5. The van der Waals surface area contributed by atoms with Gasteiger partial charge in [0.25, 0.3) is 0 Å². The number of carbonyl (C=O) groups is 1. The number of piperidine rings is 1. The minimum Gasteiger partial charge on any atom is -0.507 e. The predicted molar refractivity (Wildman–Crippen MR) is 216 cm³/mol. The normalized spacial score (nSPS) is 14.3. The Morgan fingerprint density at radius 1 is 0.965 bits per heavy atom. The molecule has 0 radical (unpaired) electrons. The molecule has 7 rings (SSSR count). The molecule has 0 unspecified atom stereocenters. The number of nitrogens with two attached hydrogens (primary N) is 1. The smallest absolute Gasteiger partial charge is 0.415 e. The van der Waals surface area contributed by atoms with Crippen LogP contribution < -0.4 is 38.9 Å². The van der Waals surface area contributed by atoms with Crippen LogP contribution in [0.1, 0.15) is 30.4 Å². The van der Waals surface area contributed by atoms with Crippen molar-refractivity contribution in [1.29, 1.82) is 5.41 Å². The number of anilines is 1. The maximum atomic E-state index is 13.5. The zero-order valence-electron chi connectivity index (χ0n) is 31.5. The lowest BCUT2D eigenvalue weighted by molar-refractivity contribution is 0.127. The number of allylic oxidation sites excluding steroid dienone is 1. The van der Waals surface area contributed by atoms with Crippen molar-refractivity contribution in [1.82, 2.24) is 24.4 Å². The van der Waals surface area contributed by atoms with E-state index in [4.69, 9.17) is 49.3 Å². The molecular formula is C39H40BrN7O9S. The summed E-state index contributed by atoms with van der Waals surface area (Å²) in [5.41, 5.74) is 8.30. The van der Waals surface area contributed by atoms with Crippen molar-refractivity contribution in [2.24, 2.45) is 5.92 Å². The number of hydrogen-bond acceptors (Lipinski definition) is 15. The summed E-state index contributed by atoms with van der Waals surface area (Å²) in [7, 11) is 5.90. The summed E-state index contributed by atoms with van der Waals surface area (Å²) in [6, 6.07) is 11.8. The first-order valence-electron chi connectivity index (χ1n) is 17.8. The van der Waals surface area contributed by atoms with Crippen LogP contribution in [0.2, 0.25) is 0 Å². The highest BCUT2D eigenvalue weighted by Gasteiger charge is 2.27. The lowest BCUT2D eigenvalue weighted by Gasteiger charge is -2.31.